The van der Waals surface area contributed by atoms with Crippen molar-refractivity contribution in [2.45, 2.75) is 71.5 Å². The summed E-state index contributed by atoms with van der Waals surface area (Å²) in [7, 11) is 0. The molecule has 0 bridgehead atoms. The van der Waals surface area contributed by atoms with E-state index >= 15 is 0 Å². The summed E-state index contributed by atoms with van der Waals surface area (Å²) < 4.78 is 3.97. The van der Waals surface area contributed by atoms with Crippen molar-refractivity contribution >= 4 is 0 Å². The molecule has 4 rings (SSSR count). The van der Waals surface area contributed by atoms with Crippen molar-refractivity contribution in [1.82, 2.24) is 34.3 Å². The molecule has 0 spiro atoms. The smallest absolute Gasteiger partial charge is 0.266 e. The first-order valence-electron chi connectivity index (χ1n) is 11.3. The maximum atomic E-state index is 12.2. The average Bonchev–Trinajstić information content (AvgIpc) is 2.94. The highest BCUT2D eigenvalue weighted by Gasteiger charge is 2.21. The molecule has 8 nitrogen and oxygen atoms in total. The molecule has 1 saturated heterocycles. The van der Waals surface area contributed by atoms with Crippen LogP contribution in [0.1, 0.15) is 57.4 Å². The van der Waals surface area contributed by atoms with E-state index in [9.17, 15) is 4.79 Å². The average molecular weight is 414 g/mol. The summed E-state index contributed by atoms with van der Waals surface area (Å²) in [4.78, 5) is 17.1. The van der Waals surface area contributed by atoms with Crippen molar-refractivity contribution < 1.29 is 0 Å². The van der Waals surface area contributed by atoms with Crippen molar-refractivity contribution in [1.29, 1.82) is 0 Å². The highest BCUT2D eigenvalue weighted by Crippen LogP contribution is 2.18. The van der Waals surface area contributed by atoms with Gasteiger partial charge in [0.1, 0.15) is 11.6 Å². The number of aryl methyl sites for hydroxylation is 1. The van der Waals surface area contributed by atoms with E-state index in [-0.39, 0.29) is 11.0 Å². The maximum absolute atomic E-state index is 12.2. The first-order chi connectivity index (χ1) is 14.4. The standard InChI is InChI=1S/C22H35N7O/c1-22(2,3)18-8-9-21(30)29(25-18)16-15-26-11-13-27(14-12-26)17-20-24-23-19-7-5-4-6-10-28(19)20/h8-9H,4-7,10-17H2,1-3H3. The first-order valence-corrected chi connectivity index (χ1v) is 11.3. The summed E-state index contributed by atoms with van der Waals surface area (Å²) in [6.07, 6.45) is 4.81. The van der Waals surface area contributed by atoms with Crippen LogP contribution in [0.4, 0.5) is 0 Å². The zero-order valence-electron chi connectivity index (χ0n) is 18.7. The Morgan fingerprint density at radius 1 is 0.900 bits per heavy atom. The number of rotatable bonds is 5. The Balaban J connectivity index is 1.29. The summed E-state index contributed by atoms with van der Waals surface area (Å²) in [5.74, 6) is 2.28. The molecule has 30 heavy (non-hydrogen) atoms. The predicted octanol–water partition coefficient (Wildman–Crippen LogP) is 1.68. The monoisotopic (exact) mass is 413 g/mol. The number of fused-ring (bicyclic) bond motifs is 1. The minimum Gasteiger partial charge on any atom is -0.314 e. The molecule has 2 aromatic heterocycles. The maximum Gasteiger partial charge on any atom is 0.266 e. The molecule has 2 aromatic rings. The van der Waals surface area contributed by atoms with Crippen LogP contribution in [0, 0.1) is 0 Å². The molecule has 0 amide bonds. The van der Waals surface area contributed by atoms with Gasteiger partial charge in [0.25, 0.3) is 5.56 Å². The van der Waals surface area contributed by atoms with Gasteiger partial charge < -0.3 is 4.57 Å². The minimum atomic E-state index is -0.0546. The summed E-state index contributed by atoms with van der Waals surface area (Å²) in [6.45, 7) is 13.9. The Bertz CT molecular complexity index is 903. The van der Waals surface area contributed by atoms with Gasteiger partial charge >= 0.3 is 0 Å². The second-order valence-electron chi connectivity index (χ2n) is 9.64. The molecule has 164 valence electrons. The molecule has 0 aromatic carbocycles. The van der Waals surface area contributed by atoms with E-state index in [2.05, 4.69) is 50.4 Å². The molecule has 0 unspecified atom stereocenters. The Labute approximate surface area is 178 Å². The van der Waals surface area contributed by atoms with Gasteiger partial charge in [0.2, 0.25) is 0 Å². The van der Waals surface area contributed by atoms with Crippen LogP contribution in [-0.2, 0) is 31.5 Å². The van der Waals surface area contributed by atoms with Crippen LogP contribution >= 0.6 is 0 Å². The molecule has 0 aliphatic carbocycles. The molecule has 0 atom stereocenters. The van der Waals surface area contributed by atoms with Crippen LogP contribution in [0.3, 0.4) is 0 Å². The molecular weight excluding hydrogens is 378 g/mol. The van der Waals surface area contributed by atoms with Gasteiger partial charge in [-0.1, -0.05) is 27.2 Å². The number of aromatic nitrogens is 5. The van der Waals surface area contributed by atoms with Crippen molar-refractivity contribution in [3.05, 3.63) is 39.8 Å². The molecule has 4 heterocycles. The SMILES string of the molecule is CC(C)(C)c1ccc(=O)n(CCN2CCN(Cc3nnc4n3CCCCC4)CC2)n1. The first kappa shape index (κ1) is 21.2. The molecular formula is C22H35N7O. The highest BCUT2D eigenvalue weighted by atomic mass is 16.1. The Kier molecular flexibility index (Phi) is 6.34. The number of hydrogen-bond acceptors (Lipinski definition) is 6. The number of nitrogens with zero attached hydrogens (tertiary/aromatic N) is 7. The Morgan fingerprint density at radius 3 is 2.43 bits per heavy atom. The molecule has 8 heteroatoms. The van der Waals surface area contributed by atoms with E-state index in [1.54, 1.807) is 10.7 Å². The summed E-state index contributed by atoms with van der Waals surface area (Å²) in [5.41, 5.74) is 0.884. The molecule has 0 saturated carbocycles. The summed E-state index contributed by atoms with van der Waals surface area (Å²) in [6, 6.07) is 3.50. The van der Waals surface area contributed by atoms with E-state index in [0.717, 1.165) is 69.6 Å². The molecule has 0 radical (unpaired) electrons. The van der Waals surface area contributed by atoms with Crippen LogP contribution in [-0.4, -0.2) is 67.1 Å². The lowest BCUT2D eigenvalue weighted by molar-refractivity contribution is 0.119. The topological polar surface area (TPSA) is 72.1 Å². The molecule has 2 aliphatic rings. The van der Waals surface area contributed by atoms with Crippen molar-refractivity contribution in [3.63, 3.8) is 0 Å². The lowest BCUT2D eigenvalue weighted by atomic mass is 9.92. The van der Waals surface area contributed by atoms with Crippen molar-refractivity contribution in [2.24, 2.45) is 0 Å². The van der Waals surface area contributed by atoms with Gasteiger partial charge in [-0.3, -0.25) is 14.6 Å². The van der Waals surface area contributed by atoms with Gasteiger partial charge in [0.05, 0.1) is 18.8 Å². The van der Waals surface area contributed by atoms with Crippen molar-refractivity contribution in [3.8, 4) is 0 Å². The Morgan fingerprint density at radius 2 is 1.67 bits per heavy atom. The molecule has 1 fully saturated rings. The second kappa shape index (κ2) is 8.98. The number of piperazine rings is 1. The van der Waals surface area contributed by atoms with Gasteiger partial charge in [-0.05, 0) is 18.9 Å². The fourth-order valence-corrected chi connectivity index (χ4v) is 4.28. The van der Waals surface area contributed by atoms with E-state index in [1.165, 1.54) is 19.3 Å². The van der Waals surface area contributed by atoms with Crippen LogP contribution in [0.15, 0.2) is 16.9 Å². The normalized spacial score (nSPS) is 18.9. The van der Waals surface area contributed by atoms with Gasteiger partial charge in [0, 0.05) is 57.2 Å². The van der Waals surface area contributed by atoms with Gasteiger partial charge in [-0.2, -0.15) is 5.10 Å². The van der Waals surface area contributed by atoms with Crippen LogP contribution in [0.5, 0.6) is 0 Å². The number of hydrogen-bond donors (Lipinski definition) is 0. The minimum absolute atomic E-state index is 0.0193. The zero-order chi connectivity index (χ0) is 21.1. The third kappa shape index (κ3) is 4.98. The fourth-order valence-electron chi connectivity index (χ4n) is 4.28. The largest absolute Gasteiger partial charge is 0.314 e. The highest BCUT2D eigenvalue weighted by molar-refractivity contribution is 5.10. The van der Waals surface area contributed by atoms with Gasteiger partial charge in [-0.25, -0.2) is 4.68 Å². The van der Waals surface area contributed by atoms with Crippen LogP contribution in [0.2, 0.25) is 0 Å². The van der Waals surface area contributed by atoms with E-state index in [1.807, 2.05) is 6.07 Å². The predicted molar refractivity (Wildman–Crippen MR) is 116 cm³/mol. The second-order valence-corrected chi connectivity index (χ2v) is 9.64. The molecule has 2 aliphatic heterocycles. The van der Waals surface area contributed by atoms with E-state index < -0.39 is 0 Å². The third-order valence-electron chi connectivity index (χ3n) is 6.28. The van der Waals surface area contributed by atoms with Gasteiger partial charge in [0.15, 0.2) is 0 Å². The van der Waals surface area contributed by atoms with Gasteiger partial charge in [-0.15, -0.1) is 10.2 Å². The lowest BCUT2D eigenvalue weighted by Crippen LogP contribution is -2.47. The summed E-state index contributed by atoms with van der Waals surface area (Å²) >= 11 is 0. The quantitative estimate of drug-likeness (QED) is 0.743. The molecule has 0 N–H and O–H groups in total. The van der Waals surface area contributed by atoms with E-state index in [4.69, 9.17) is 0 Å². The fraction of sp³-hybridized carbons (Fsp3) is 0.727. The third-order valence-corrected chi connectivity index (χ3v) is 6.28. The Hall–Kier alpha value is -2.06. The van der Waals surface area contributed by atoms with Crippen LogP contribution in [0.25, 0.3) is 0 Å². The summed E-state index contributed by atoms with van der Waals surface area (Å²) in [5, 5.41) is 13.5. The zero-order valence-corrected chi connectivity index (χ0v) is 18.7. The van der Waals surface area contributed by atoms with Crippen LogP contribution < -0.4 is 5.56 Å². The van der Waals surface area contributed by atoms with Crippen molar-refractivity contribution in [2.75, 3.05) is 32.7 Å². The lowest BCUT2D eigenvalue weighted by Gasteiger charge is -2.34. The van der Waals surface area contributed by atoms with E-state index in [0.29, 0.717) is 6.54 Å².